The largest absolute Gasteiger partial charge is 0.274 e. The average molecular weight is 194 g/mol. The van der Waals surface area contributed by atoms with Crippen molar-refractivity contribution in [2.75, 3.05) is 0 Å². The van der Waals surface area contributed by atoms with Gasteiger partial charge in [0, 0.05) is 33.7 Å². The third-order valence-electron chi connectivity index (χ3n) is 1.70. The molecule has 0 aromatic carbocycles. The van der Waals surface area contributed by atoms with Crippen LogP contribution in [0, 0.1) is 10.1 Å². The van der Waals surface area contributed by atoms with Crippen LogP contribution in [-0.2, 0) is 0 Å². The van der Waals surface area contributed by atoms with Crippen LogP contribution >= 0.6 is 15.9 Å². The summed E-state index contributed by atoms with van der Waals surface area (Å²) in [7, 11) is 0. The van der Waals surface area contributed by atoms with Crippen molar-refractivity contribution >= 4 is 15.9 Å². The summed E-state index contributed by atoms with van der Waals surface area (Å²) in [6, 6.07) is 0. The summed E-state index contributed by atoms with van der Waals surface area (Å²) in [5.74, 6) is 0. The maximum Gasteiger partial charge on any atom is 0.274 e. The van der Waals surface area contributed by atoms with E-state index in [1.807, 2.05) is 0 Å². The molecule has 0 aromatic rings. The van der Waals surface area contributed by atoms with Crippen molar-refractivity contribution in [1.82, 2.24) is 0 Å². The molecule has 0 N–H and O–H groups in total. The number of nitrogens with zero attached hydrogens (tertiary/aromatic N) is 1. The average Bonchev–Trinajstić information content (AvgIpc) is 2.16. The Bertz CT molecular complexity index is 131. The van der Waals surface area contributed by atoms with Gasteiger partial charge in [-0.2, -0.15) is 0 Å². The van der Waals surface area contributed by atoms with E-state index in [0.717, 1.165) is 12.8 Å². The Morgan fingerprint density at radius 2 is 1.89 bits per heavy atom. The van der Waals surface area contributed by atoms with Gasteiger partial charge in [0.2, 0.25) is 0 Å². The molecule has 0 unspecified atom stereocenters. The van der Waals surface area contributed by atoms with Gasteiger partial charge in [0.05, 0.1) is 0 Å². The third kappa shape index (κ3) is 1.23. The summed E-state index contributed by atoms with van der Waals surface area (Å²) in [5.41, 5.74) is 0. The van der Waals surface area contributed by atoms with E-state index in [4.69, 9.17) is 0 Å². The Kier molecular flexibility index (Phi) is 1.75. The fourth-order valence-corrected chi connectivity index (χ4v) is 1.66. The highest BCUT2D eigenvalue weighted by molar-refractivity contribution is 9.10. The van der Waals surface area contributed by atoms with Crippen LogP contribution in [0.2, 0.25) is 0 Å². The van der Waals surface area contributed by atoms with Gasteiger partial charge in [0.1, 0.15) is 0 Å². The standard InChI is InChI=1S/C5H8BrNO2/c6-5(7(8)9)3-1-2-4-5/h1-4H2. The first-order chi connectivity index (χ1) is 4.15. The van der Waals surface area contributed by atoms with Crippen LogP contribution in [0.1, 0.15) is 25.7 Å². The summed E-state index contributed by atoms with van der Waals surface area (Å²) in [6.07, 6.45) is 3.32. The van der Waals surface area contributed by atoms with E-state index in [9.17, 15) is 10.1 Å². The molecule has 1 fully saturated rings. The van der Waals surface area contributed by atoms with Gasteiger partial charge < -0.3 is 0 Å². The molecule has 0 spiro atoms. The second-order valence-corrected chi connectivity index (χ2v) is 3.86. The third-order valence-corrected chi connectivity index (χ3v) is 2.78. The Morgan fingerprint density at radius 3 is 2.11 bits per heavy atom. The molecular formula is C5H8BrNO2. The normalized spacial score (nSPS) is 24.1. The van der Waals surface area contributed by atoms with E-state index in [1.165, 1.54) is 0 Å². The Labute approximate surface area is 61.7 Å². The molecule has 0 heterocycles. The van der Waals surface area contributed by atoms with Crippen molar-refractivity contribution in [2.45, 2.75) is 30.1 Å². The lowest BCUT2D eigenvalue weighted by Crippen LogP contribution is -2.26. The highest BCUT2D eigenvalue weighted by Gasteiger charge is 2.42. The predicted octanol–water partition coefficient (Wildman–Crippen LogP) is 1.93. The fourth-order valence-electron chi connectivity index (χ4n) is 1.10. The van der Waals surface area contributed by atoms with Crippen LogP contribution in [0.15, 0.2) is 0 Å². The second-order valence-electron chi connectivity index (χ2n) is 2.38. The highest BCUT2D eigenvalue weighted by atomic mass is 79.9. The lowest BCUT2D eigenvalue weighted by Gasteiger charge is -2.09. The van der Waals surface area contributed by atoms with Crippen molar-refractivity contribution in [2.24, 2.45) is 0 Å². The Hall–Kier alpha value is -0.120. The topological polar surface area (TPSA) is 43.1 Å². The van der Waals surface area contributed by atoms with Crippen LogP contribution < -0.4 is 0 Å². The van der Waals surface area contributed by atoms with E-state index in [-0.39, 0.29) is 4.92 Å². The molecule has 0 aliphatic heterocycles. The van der Waals surface area contributed by atoms with Gasteiger partial charge in [-0.25, -0.2) is 0 Å². The monoisotopic (exact) mass is 193 g/mol. The van der Waals surface area contributed by atoms with E-state index >= 15 is 0 Å². The van der Waals surface area contributed by atoms with Gasteiger partial charge in [0.15, 0.2) is 0 Å². The summed E-state index contributed by atoms with van der Waals surface area (Å²) in [5, 5.41) is 10.3. The summed E-state index contributed by atoms with van der Waals surface area (Å²) in [4.78, 5) is 10.1. The minimum Gasteiger partial charge on any atom is -0.263 e. The van der Waals surface area contributed by atoms with Crippen LogP contribution in [0.25, 0.3) is 0 Å². The van der Waals surface area contributed by atoms with Gasteiger partial charge in [0.25, 0.3) is 4.45 Å². The van der Waals surface area contributed by atoms with Crippen molar-refractivity contribution in [1.29, 1.82) is 0 Å². The Balaban J connectivity index is 2.61. The molecular weight excluding hydrogens is 186 g/mol. The van der Waals surface area contributed by atoms with Crippen LogP contribution in [0.5, 0.6) is 0 Å². The van der Waals surface area contributed by atoms with Gasteiger partial charge in [-0.05, 0) is 12.8 Å². The van der Waals surface area contributed by atoms with Gasteiger partial charge >= 0.3 is 0 Å². The van der Waals surface area contributed by atoms with E-state index < -0.39 is 4.45 Å². The molecule has 1 aliphatic carbocycles. The van der Waals surface area contributed by atoms with Gasteiger partial charge in [-0.1, -0.05) is 0 Å². The number of alkyl halides is 1. The summed E-state index contributed by atoms with van der Waals surface area (Å²) < 4.78 is -0.771. The van der Waals surface area contributed by atoms with Crippen molar-refractivity contribution in [3.63, 3.8) is 0 Å². The predicted molar refractivity (Wildman–Crippen MR) is 37.1 cm³/mol. The number of hydrogen-bond acceptors (Lipinski definition) is 2. The van der Waals surface area contributed by atoms with E-state index in [2.05, 4.69) is 15.9 Å². The lowest BCUT2D eigenvalue weighted by molar-refractivity contribution is -0.533. The number of nitro groups is 1. The molecule has 1 aliphatic rings. The molecule has 4 heteroatoms. The minimum atomic E-state index is -0.771. The molecule has 52 valence electrons. The summed E-state index contributed by atoms with van der Waals surface area (Å²) in [6.45, 7) is 0. The fraction of sp³-hybridized carbons (Fsp3) is 1.00. The molecule has 0 saturated heterocycles. The molecule has 0 bridgehead atoms. The van der Waals surface area contributed by atoms with Gasteiger partial charge in [-0.3, -0.25) is 10.1 Å². The van der Waals surface area contributed by atoms with E-state index in [1.54, 1.807) is 0 Å². The zero-order chi connectivity index (χ0) is 6.91. The number of halogens is 1. The first-order valence-electron chi connectivity index (χ1n) is 2.98. The smallest absolute Gasteiger partial charge is 0.263 e. The molecule has 1 rings (SSSR count). The zero-order valence-electron chi connectivity index (χ0n) is 4.97. The Morgan fingerprint density at radius 1 is 1.44 bits per heavy atom. The van der Waals surface area contributed by atoms with Crippen LogP contribution in [0.4, 0.5) is 0 Å². The zero-order valence-corrected chi connectivity index (χ0v) is 6.56. The maximum atomic E-state index is 10.3. The lowest BCUT2D eigenvalue weighted by atomic mass is 10.3. The van der Waals surface area contributed by atoms with Crippen molar-refractivity contribution in [3.05, 3.63) is 10.1 Å². The molecule has 3 nitrogen and oxygen atoms in total. The maximum absolute atomic E-state index is 10.3. The first kappa shape index (κ1) is 6.99. The molecule has 9 heavy (non-hydrogen) atoms. The quantitative estimate of drug-likeness (QED) is 0.277. The van der Waals surface area contributed by atoms with Gasteiger partial charge in [-0.15, -0.1) is 0 Å². The van der Waals surface area contributed by atoms with Crippen LogP contribution in [-0.4, -0.2) is 9.37 Å². The number of hydrogen-bond donors (Lipinski definition) is 0. The summed E-state index contributed by atoms with van der Waals surface area (Å²) >= 11 is 3.11. The molecule has 0 atom stereocenters. The van der Waals surface area contributed by atoms with Crippen molar-refractivity contribution < 1.29 is 4.92 Å². The minimum absolute atomic E-state index is 0.222. The van der Waals surface area contributed by atoms with E-state index in [0.29, 0.717) is 12.8 Å². The first-order valence-corrected chi connectivity index (χ1v) is 3.78. The van der Waals surface area contributed by atoms with Crippen molar-refractivity contribution in [3.8, 4) is 0 Å². The van der Waals surface area contributed by atoms with Crippen LogP contribution in [0.3, 0.4) is 0 Å². The molecule has 0 aromatic heterocycles. The second kappa shape index (κ2) is 2.25. The molecule has 0 radical (unpaired) electrons. The molecule has 1 saturated carbocycles. The number of rotatable bonds is 1. The highest BCUT2D eigenvalue weighted by Crippen LogP contribution is 2.37. The SMILES string of the molecule is O=[N+]([O-])C1(Br)CCCC1. The molecule has 0 amide bonds.